The number of aliphatic hydroxyl groups is 1. The fourth-order valence-electron chi connectivity index (χ4n) is 0.976. The average molecular weight is 261 g/mol. The standard InChI is InChI=1S/C9H9ClN2O3S/c10-8-4-3-7(2-1-5-13)6-9(8)12-16(11,14)15/h3-4,6,12-13H,5H2,(H2,11,14,15). The van der Waals surface area contributed by atoms with Crippen molar-refractivity contribution in [1.82, 2.24) is 0 Å². The van der Waals surface area contributed by atoms with Crippen LogP contribution in [0.1, 0.15) is 5.56 Å². The molecule has 0 heterocycles. The minimum Gasteiger partial charge on any atom is -0.384 e. The van der Waals surface area contributed by atoms with Gasteiger partial charge in [0.2, 0.25) is 0 Å². The van der Waals surface area contributed by atoms with Gasteiger partial charge >= 0.3 is 0 Å². The van der Waals surface area contributed by atoms with Crippen LogP contribution in [0.3, 0.4) is 0 Å². The summed E-state index contributed by atoms with van der Waals surface area (Å²) in [6.45, 7) is -0.277. The molecule has 0 unspecified atom stereocenters. The third kappa shape index (κ3) is 4.08. The highest BCUT2D eigenvalue weighted by atomic mass is 35.5. The molecule has 0 fully saturated rings. The van der Waals surface area contributed by atoms with Gasteiger partial charge in [-0.25, -0.2) is 5.14 Å². The number of aliphatic hydroxyl groups excluding tert-OH is 1. The molecule has 0 saturated carbocycles. The van der Waals surface area contributed by atoms with E-state index in [9.17, 15) is 8.42 Å². The lowest BCUT2D eigenvalue weighted by Crippen LogP contribution is -2.21. The van der Waals surface area contributed by atoms with Gasteiger partial charge in [0.1, 0.15) is 6.61 Å². The fraction of sp³-hybridized carbons (Fsp3) is 0.111. The summed E-state index contributed by atoms with van der Waals surface area (Å²) in [4.78, 5) is 0. The number of benzene rings is 1. The Hall–Kier alpha value is -1.26. The quantitative estimate of drug-likeness (QED) is 0.668. The molecule has 0 aliphatic rings. The minimum atomic E-state index is -3.87. The average Bonchev–Trinajstić information content (AvgIpc) is 2.17. The molecule has 0 saturated heterocycles. The van der Waals surface area contributed by atoms with Crippen LogP contribution >= 0.6 is 11.6 Å². The Bertz CT molecular complexity index is 546. The molecule has 0 radical (unpaired) electrons. The highest BCUT2D eigenvalue weighted by molar-refractivity contribution is 7.90. The molecule has 0 aliphatic heterocycles. The van der Waals surface area contributed by atoms with Crippen LogP contribution in [0.5, 0.6) is 0 Å². The first-order chi connectivity index (χ1) is 7.42. The predicted octanol–water partition coefficient (Wildman–Crippen LogP) is 0.299. The Balaban J connectivity index is 3.09. The maximum absolute atomic E-state index is 10.8. The van der Waals surface area contributed by atoms with Crippen molar-refractivity contribution in [3.63, 3.8) is 0 Å². The molecule has 4 N–H and O–H groups in total. The molecule has 1 rings (SSSR count). The Morgan fingerprint density at radius 2 is 2.19 bits per heavy atom. The van der Waals surface area contributed by atoms with Crippen LogP contribution < -0.4 is 9.86 Å². The number of hydrogen-bond donors (Lipinski definition) is 3. The van der Waals surface area contributed by atoms with Gasteiger partial charge in [-0.2, -0.15) is 8.42 Å². The molecule has 0 bridgehead atoms. The van der Waals surface area contributed by atoms with Gasteiger partial charge < -0.3 is 5.11 Å². The third-order valence-corrected chi connectivity index (χ3v) is 2.36. The van der Waals surface area contributed by atoms with Crippen LogP contribution in [0.2, 0.25) is 5.02 Å². The summed E-state index contributed by atoms with van der Waals surface area (Å²) < 4.78 is 23.7. The molecule has 0 spiro atoms. The van der Waals surface area contributed by atoms with E-state index < -0.39 is 10.2 Å². The zero-order valence-electron chi connectivity index (χ0n) is 8.07. The van der Waals surface area contributed by atoms with Crippen molar-refractivity contribution >= 4 is 27.5 Å². The maximum atomic E-state index is 10.8. The van der Waals surface area contributed by atoms with Crippen LogP contribution in [0.25, 0.3) is 0 Å². The Kier molecular flexibility index (Phi) is 4.15. The number of nitrogens with one attached hydrogen (secondary N) is 1. The molecule has 16 heavy (non-hydrogen) atoms. The molecule has 1 aromatic carbocycles. The van der Waals surface area contributed by atoms with E-state index in [1.807, 2.05) is 0 Å². The summed E-state index contributed by atoms with van der Waals surface area (Å²) in [7, 11) is -3.87. The topological polar surface area (TPSA) is 92.4 Å². The molecular formula is C9H9ClN2O3S. The van der Waals surface area contributed by atoms with Crippen molar-refractivity contribution < 1.29 is 13.5 Å². The van der Waals surface area contributed by atoms with Crippen LogP contribution in [-0.4, -0.2) is 20.1 Å². The summed E-state index contributed by atoms with van der Waals surface area (Å²) in [5, 5.41) is 13.5. The molecule has 5 nitrogen and oxygen atoms in total. The smallest absolute Gasteiger partial charge is 0.296 e. The lowest BCUT2D eigenvalue weighted by atomic mass is 10.2. The normalized spacial score (nSPS) is 10.4. The Morgan fingerprint density at radius 1 is 1.50 bits per heavy atom. The number of halogens is 1. The lowest BCUT2D eigenvalue weighted by Gasteiger charge is -2.05. The predicted molar refractivity (Wildman–Crippen MR) is 62.1 cm³/mol. The van der Waals surface area contributed by atoms with E-state index in [1.54, 1.807) is 6.07 Å². The zero-order chi connectivity index (χ0) is 12.2. The number of rotatable bonds is 2. The second-order valence-electron chi connectivity index (χ2n) is 2.80. The number of hydrogen-bond acceptors (Lipinski definition) is 3. The van der Waals surface area contributed by atoms with E-state index in [4.69, 9.17) is 21.8 Å². The zero-order valence-corrected chi connectivity index (χ0v) is 9.64. The van der Waals surface area contributed by atoms with Gasteiger partial charge in [0.15, 0.2) is 0 Å². The van der Waals surface area contributed by atoms with E-state index in [0.29, 0.717) is 5.56 Å². The first kappa shape index (κ1) is 12.8. The molecule has 86 valence electrons. The van der Waals surface area contributed by atoms with Crippen LogP contribution in [0.4, 0.5) is 5.69 Å². The summed E-state index contributed by atoms with van der Waals surface area (Å²) >= 11 is 5.76. The Morgan fingerprint density at radius 3 is 2.75 bits per heavy atom. The molecule has 0 aliphatic carbocycles. The largest absolute Gasteiger partial charge is 0.384 e. The van der Waals surface area contributed by atoms with Crippen molar-refractivity contribution in [2.75, 3.05) is 11.3 Å². The highest BCUT2D eigenvalue weighted by Crippen LogP contribution is 2.23. The Labute approximate surface area is 98.4 Å². The van der Waals surface area contributed by atoms with Gasteiger partial charge in [-0.15, -0.1) is 0 Å². The van der Waals surface area contributed by atoms with Gasteiger partial charge in [-0.05, 0) is 18.2 Å². The highest BCUT2D eigenvalue weighted by Gasteiger charge is 2.06. The first-order valence-corrected chi connectivity index (χ1v) is 6.04. The fourth-order valence-corrected chi connectivity index (χ4v) is 1.67. The van der Waals surface area contributed by atoms with Crippen molar-refractivity contribution in [1.29, 1.82) is 0 Å². The minimum absolute atomic E-state index is 0.147. The molecule has 0 aromatic heterocycles. The van der Waals surface area contributed by atoms with E-state index in [0.717, 1.165) is 0 Å². The summed E-state index contributed by atoms with van der Waals surface area (Å²) in [5.74, 6) is 5.04. The lowest BCUT2D eigenvalue weighted by molar-refractivity contribution is 0.350. The second kappa shape index (κ2) is 5.18. The van der Waals surface area contributed by atoms with E-state index >= 15 is 0 Å². The molecular weight excluding hydrogens is 252 g/mol. The maximum Gasteiger partial charge on any atom is 0.296 e. The van der Waals surface area contributed by atoms with Crippen LogP contribution in [0.15, 0.2) is 18.2 Å². The monoisotopic (exact) mass is 260 g/mol. The van der Waals surface area contributed by atoms with Gasteiger partial charge in [-0.1, -0.05) is 23.4 Å². The summed E-state index contributed by atoms with van der Waals surface area (Å²) in [6, 6.07) is 4.51. The first-order valence-electron chi connectivity index (χ1n) is 4.12. The SMILES string of the molecule is NS(=O)(=O)Nc1cc(C#CCO)ccc1Cl. The van der Waals surface area contributed by atoms with Crippen LogP contribution in [0, 0.1) is 11.8 Å². The van der Waals surface area contributed by atoms with E-state index in [2.05, 4.69) is 16.6 Å². The number of nitrogens with two attached hydrogens (primary N) is 1. The van der Waals surface area contributed by atoms with Crippen molar-refractivity contribution in [2.45, 2.75) is 0 Å². The molecule has 1 aromatic rings. The number of anilines is 1. The van der Waals surface area contributed by atoms with Crippen molar-refractivity contribution in [2.24, 2.45) is 5.14 Å². The van der Waals surface area contributed by atoms with Gasteiger partial charge in [0, 0.05) is 5.56 Å². The second-order valence-corrected chi connectivity index (χ2v) is 4.50. The summed E-state index contributed by atoms with van der Waals surface area (Å²) in [5.41, 5.74) is 0.665. The molecule has 0 atom stereocenters. The van der Waals surface area contributed by atoms with Crippen molar-refractivity contribution in [3.8, 4) is 11.8 Å². The van der Waals surface area contributed by atoms with Gasteiger partial charge in [0.25, 0.3) is 10.2 Å². The summed E-state index contributed by atoms with van der Waals surface area (Å²) in [6.07, 6.45) is 0. The van der Waals surface area contributed by atoms with E-state index in [-0.39, 0.29) is 17.3 Å². The van der Waals surface area contributed by atoms with Gasteiger partial charge in [0.05, 0.1) is 10.7 Å². The third-order valence-electron chi connectivity index (χ3n) is 1.53. The van der Waals surface area contributed by atoms with E-state index in [1.165, 1.54) is 12.1 Å². The van der Waals surface area contributed by atoms with Crippen molar-refractivity contribution in [3.05, 3.63) is 28.8 Å². The van der Waals surface area contributed by atoms with Gasteiger partial charge in [-0.3, -0.25) is 4.72 Å². The molecule has 0 amide bonds. The van der Waals surface area contributed by atoms with Crippen LogP contribution in [-0.2, 0) is 10.2 Å². The molecule has 7 heteroatoms.